The van der Waals surface area contributed by atoms with Crippen LogP contribution in [0.4, 0.5) is 0 Å². The van der Waals surface area contributed by atoms with E-state index in [-0.39, 0.29) is 0 Å². The molecule has 0 fully saturated rings. The monoisotopic (exact) mass is 123 g/mol. The van der Waals surface area contributed by atoms with Gasteiger partial charge in [0.1, 0.15) is 0 Å². The third kappa shape index (κ3) is 5.01. The van der Waals surface area contributed by atoms with Gasteiger partial charge in [0.15, 0.2) is 0 Å². The van der Waals surface area contributed by atoms with E-state index in [1.807, 2.05) is 13.0 Å². The van der Waals surface area contributed by atoms with E-state index in [4.69, 9.17) is 5.41 Å². The Morgan fingerprint density at radius 2 is 2.11 bits per heavy atom. The first-order valence-corrected chi connectivity index (χ1v) is 3.07. The predicted molar refractivity (Wildman–Crippen MR) is 42.0 cm³/mol. The van der Waals surface area contributed by atoms with Crippen molar-refractivity contribution in [3.05, 3.63) is 24.3 Å². The van der Waals surface area contributed by atoms with Crippen molar-refractivity contribution in [3.63, 3.8) is 0 Å². The third-order valence-electron chi connectivity index (χ3n) is 1.02. The van der Waals surface area contributed by atoms with Crippen LogP contribution in [-0.2, 0) is 0 Å². The fourth-order valence-electron chi connectivity index (χ4n) is 0.361. The van der Waals surface area contributed by atoms with Crippen LogP contribution in [-0.4, -0.2) is 5.71 Å². The normalized spacial score (nSPS) is 10.0. The molecule has 0 aromatic carbocycles. The lowest BCUT2D eigenvalue weighted by atomic mass is 10.2. The van der Waals surface area contributed by atoms with Crippen molar-refractivity contribution in [2.45, 2.75) is 20.3 Å². The van der Waals surface area contributed by atoms with Gasteiger partial charge in [0.2, 0.25) is 0 Å². The standard InChI is InChI=1S/C8H13N/c1-4-7(2)5-6-8(3)9/h5-6,9H,2,4H2,1,3H3/b6-5-,9-8?. The number of rotatable bonds is 3. The van der Waals surface area contributed by atoms with Gasteiger partial charge in [-0.3, -0.25) is 0 Å². The van der Waals surface area contributed by atoms with Crippen molar-refractivity contribution in [1.82, 2.24) is 0 Å². The fraction of sp³-hybridized carbons (Fsp3) is 0.375. The number of nitrogens with one attached hydrogen (secondary N) is 1. The molecule has 0 atom stereocenters. The molecular weight excluding hydrogens is 110 g/mol. The lowest BCUT2D eigenvalue weighted by Crippen LogP contribution is -1.78. The fourth-order valence-corrected chi connectivity index (χ4v) is 0.361. The van der Waals surface area contributed by atoms with Crippen LogP contribution in [0, 0.1) is 5.41 Å². The van der Waals surface area contributed by atoms with E-state index in [2.05, 4.69) is 6.58 Å². The van der Waals surface area contributed by atoms with Crippen LogP contribution in [0.2, 0.25) is 0 Å². The Bertz CT molecular complexity index is 143. The molecular formula is C8H13N. The molecule has 1 nitrogen and oxygen atoms in total. The second-order valence-corrected chi connectivity index (χ2v) is 2.03. The van der Waals surface area contributed by atoms with Crippen molar-refractivity contribution in [2.75, 3.05) is 0 Å². The first-order chi connectivity index (χ1) is 4.16. The van der Waals surface area contributed by atoms with Gasteiger partial charge in [-0.05, 0) is 19.4 Å². The average molecular weight is 123 g/mol. The van der Waals surface area contributed by atoms with Crippen LogP contribution in [0.5, 0.6) is 0 Å². The molecule has 0 bridgehead atoms. The molecule has 9 heavy (non-hydrogen) atoms. The zero-order valence-corrected chi connectivity index (χ0v) is 6.07. The van der Waals surface area contributed by atoms with Crippen LogP contribution in [0.1, 0.15) is 20.3 Å². The average Bonchev–Trinajstić information content (AvgIpc) is 1.83. The van der Waals surface area contributed by atoms with E-state index in [1.165, 1.54) is 0 Å². The molecule has 0 saturated heterocycles. The maximum atomic E-state index is 7.03. The van der Waals surface area contributed by atoms with E-state index >= 15 is 0 Å². The van der Waals surface area contributed by atoms with Crippen molar-refractivity contribution >= 4 is 5.71 Å². The van der Waals surface area contributed by atoms with E-state index in [1.54, 1.807) is 13.0 Å². The molecule has 0 aromatic rings. The van der Waals surface area contributed by atoms with Gasteiger partial charge in [0.25, 0.3) is 0 Å². The molecule has 0 unspecified atom stereocenters. The molecule has 0 heterocycles. The lowest BCUT2D eigenvalue weighted by Gasteiger charge is -1.88. The molecule has 0 saturated carbocycles. The minimum absolute atomic E-state index is 0.574. The summed E-state index contributed by atoms with van der Waals surface area (Å²) in [5.41, 5.74) is 1.64. The summed E-state index contributed by atoms with van der Waals surface area (Å²) >= 11 is 0. The molecule has 0 aliphatic carbocycles. The zero-order valence-electron chi connectivity index (χ0n) is 6.07. The topological polar surface area (TPSA) is 23.9 Å². The van der Waals surface area contributed by atoms with Gasteiger partial charge >= 0.3 is 0 Å². The van der Waals surface area contributed by atoms with Gasteiger partial charge in [0.05, 0.1) is 0 Å². The summed E-state index contributed by atoms with van der Waals surface area (Å²) in [5, 5.41) is 7.03. The Balaban J connectivity index is 3.71. The zero-order chi connectivity index (χ0) is 7.28. The molecule has 0 radical (unpaired) electrons. The smallest absolute Gasteiger partial charge is 0.0283 e. The first-order valence-electron chi connectivity index (χ1n) is 3.07. The van der Waals surface area contributed by atoms with Gasteiger partial charge < -0.3 is 5.41 Å². The minimum atomic E-state index is 0.574. The Kier molecular flexibility index (Phi) is 3.69. The molecule has 0 spiro atoms. The second-order valence-electron chi connectivity index (χ2n) is 2.03. The van der Waals surface area contributed by atoms with Crippen LogP contribution in [0.15, 0.2) is 24.3 Å². The molecule has 50 valence electrons. The van der Waals surface area contributed by atoms with Crippen molar-refractivity contribution in [3.8, 4) is 0 Å². The summed E-state index contributed by atoms with van der Waals surface area (Å²) in [6.45, 7) is 7.56. The SMILES string of the molecule is C=C(/C=C\C(C)=N)CC. The van der Waals surface area contributed by atoms with Gasteiger partial charge in [-0.15, -0.1) is 0 Å². The first kappa shape index (κ1) is 8.15. The molecule has 0 aliphatic rings. The summed E-state index contributed by atoms with van der Waals surface area (Å²) in [6.07, 6.45) is 4.60. The number of hydrogen-bond acceptors (Lipinski definition) is 1. The highest BCUT2D eigenvalue weighted by Crippen LogP contribution is 1.96. The summed E-state index contributed by atoms with van der Waals surface area (Å²) in [7, 11) is 0. The van der Waals surface area contributed by atoms with E-state index in [9.17, 15) is 0 Å². The molecule has 0 aromatic heterocycles. The summed E-state index contributed by atoms with van der Waals surface area (Å²) < 4.78 is 0. The molecule has 0 aliphatic heterocycles. The summed E-state index contributed by atoms with van der Waals surface area (Å²) in [4.78, 5) is 0. The summed E-state index contributed by atoms with van der Waals surface area (Å²) in [6, 6.07) is 0. The van der Waals surface area contributed by atoms with Crippen LogP contribution in [0.25, 0.3) is 0 Å². The van der Waals surface area contributed by atoms with Gasteiger partial charge in [0, 0.05) is 5.71 Å². The Hall–Kier alpha value is -0.850. The van der Waals surface area contributed by atoms with E-state index in [0.717, 1.165) is 12.0 Å². The van der Waals surface area contributed by atoms with Crippen LogP contribution >= 0.6 is 0 Å². The van der Waals surface area contributed by atoms with Gasteiger partial charge in [-0.1, -0.05) is 25.2 Å². The highest BCUT2D eigenvalue weighted by molar-refractivity contribution is 5.90. The van der Waals surface area contributed by atoms with Crippen molar-refractivity contribution < 1.29 is 0 Å². The highest BCUT2D eigenvalue weighted by atomic mass is 14.4. The quantitative estimate of drug-likeness (QED) is 0.440. The predicted octanol–water partition coefficient (Wildman–Crippen LogP) is 2.55. The lowest BCUT2D eigenvalue weighted by molar-refractivity contribution is 1.16. The van der Waals surface area contributed by atoms with Gasteiger partial charge in [-0.25, -0.2) is 0 Å². The number of hydrogen-bond donors (Lipinski definition) is 1. The Morgan fingerprint density at radius 1 is 1.56 bits per heavy atom. The summed E-state index contributed by atoms with van der Waals surface area (Å²) in [5.74, 6) is 0. The largest absolute Gasteiger partial charge is 0.306 e. The molecule has 0 amide bonds. The van der Waals surface area contributed by atoms with Gasteiger partial charge in [-0.2, -0.15) is 0 Å². The Morgan fingerprint density at radius 3 is 2.44 bits per heavy atom. The van der Waals surface area contributed by atoms with Crippen LogP contribution in [0.3, 0.4) is 0 Å². The minimum Gasteiger partial charge on any atom is -0.306 e. The molecule has 0 rings (SSSR count). The molecule has 1 heteroatoms. The Labute approximate surface area is 56.6 Å². The maximum absolute atomic E-state index is 7.03. The van der Waals surface area contributed by atoms with E-state index in [0.29, 0.717) is 5.71 Å². The third-order valence-corrected chi connectivity index (χ3v) is 1.02. The second kappa shape index (κ2) is 4.07. The van der Waals surface area contributed by atoms with E-state index < -0.39 is 0 Å². The molecule has 1 N–H and O–H groups in total. The maximum Gasteiger partial charge on any atom is 0.0283 e. The highest BCUT2D eigenvalue weighted by Gasteiger charge is 1.80. The van der Waals surface area contributed by atoms with Crippen molar-refractivity contribution in [1.29, 1.82) is 5.41 Å². The number of allylic oxidation sites excluding steroid dienone is 3. The van der Waals surface area contributed by atoms with Crippen LogP contribution < -0.4 is 0 Å². The van der Waals surface area contributed by atoms with Crippen molar-refractivity contribution in [2.24, 2.45) is 0 Å².